The minimum absolute atomic E-state index is 0.172. The zero-order valence-electron chi connectivity index (χ0n) is 9.24. The number of carbonyl (C=O) groups excluding carboxylic acids is 1. The molecule has 0 saturated carbocycles. The van der Waals surface area contributed by atoms with E-state index < -0.39 is 0 Å². The first-order chi connectivity index (χ1) is 7.63. The van der Waals surface area contributed by atoms with Crippen molar-refractivity contribution >= 4 is 27.5 Å². The Labute approximate surface area is 104 Å². The lowest BCUT2D eigenvalue weighted by molar-refractivity contribution is -0.117. The molecule has 1 aromatic carbocycles. The van der Waals surface area contributed by atoms with Gasteiger partial charge in [0, 0.05) is 17.4 Å². The van der Waals surface area contributed by atoms with E-state index in [-0.39, 0.29) is 5.91 Å². The number of anilines is 1. The predicted molar refractivity (Wildman–Crippen MR) is 68.4 cm³/mol. The van der Waals surface area contributed by atoms with Crippen LogP contribution in [-0.4, -0.2) is 19.0 Å². The van der Waals surface area contributed by atoms with Gasteiger partial charge in [-0.1, -0.05) is 12.1 Å². The molecule has 16 heavy (non-hydrogen) atoms. The zero-order valence-corrected chi connectivity index (χ0v) is 10.8. The van der Waals surface area contributed by atoms with Gasteiger partial charge in [-0.25, -0.2) is 0 Å². The standard InChI is InChI=1S/C12H15BrN2O/c1-8-3-2-4-10(13)12(8)15-7-9(6-14)5-11(15)16/h2-4,9H,5-7,14H2,1H3. The van der Waals surface area contributed by atoms with Crippen LogP contribution in [0.1, 0.15) is 12.0 Å². The largest absolute Gasteiger partial charge is 0.330 e. The van der Waals surface area contributed by atoms with Crippen LogP contribution in [0, 0.1) is 12.8 Å². The van der Waals surface area contributed by atoms with Crippen LogP contribution >= 0.6 is 15.9 Å². The molecule has 3 nitrogen and oxygen atoms in total. The van der Waals surface area contributed by atoms with Crippen molar-refractivity contribution in [3.63, 3.8) is 0 Å². The molecular formula is C12H15BrN2O. The molecule has 1 amide bonds. The van der Waals surface area contributed by atoms with Crippen LogP contribution in [0.2, 0.25) is 0 Å². The summed E-state index contributed by atoms with van der Waals surface area (Å²) in [6, 6.07) is 5.96. The van der Waals surface area contributed by atoms with Crippen LogP contribution in [0.4, 0.5) is 5.69 Å². The first-order valence-electron chi connectivity index (χ1n) is 5.39. The minimum atomic E-state index is 0.172. The van der Waals surface area contributed by atoms with E-state index in [1.54, 1.807) is 0 Å². The van der Waals surface area contributed by atoms with Crippen molar-refractivity contribution in [2.24, 2.45) is 11.7 Å². The molecule has 0 aliphatic carbocycles. The SMILES string of the molecule is Cc1cccc(Br)c1N1CC(CN)CC1=O. The minimum Gasteiger partial charge on any atom is -0.330 e. The first kappa shape index (κ1) is 11.6. The van der Waals surface area contributed by atoms with Crippen LogP contribution in [0.15, 0.2) is 22.7 Å². The molecule has 1 saturated heterocycles. The summed E-state index contributed by atoms with van der Waals surface area (Å²) in [5, 5.41) is 0. The highest BCUT2D eigenvalue weighted by Gasteiger charge is 2.31. The van der Waals surface area contributed by atoms with Crippen molar-refractivity contribution < 1.29 is 4.79 Å². The van der Waals surface area contributed by atoms with Crippen molar-refractivity contribution in [3.05, 3.63) is 28.2 Å². The van der Waals surface area contributed by atoms with Gasteiger partial charge in [0.2, 0.25) is 5.91 Å². The van der Waals surface area contributed by atoms with Crippen molar-refractivity contribution in [3.8, 4) is 0 Å². The summed E-state index contributed by atoms with van der Waals surface area (Å²) in [7, 11) is 0. The Morgan fingerprint density at radius 1 is 1.56 bits per heavy atom. The maximum atomic E-state index is 11.9. The molecule has 1 atom stereocenters. The summed E-state index contributed by atoms with van der Waals surface area (Å²) >= 11 is 3.50. The Morgan fingerprint density at radius 3 is 2.88 bits per heavy atom. The van der Waals surface area contributed by atoms with Crippen LogP contribution in [0.3, 0.4) is 0 Å². The first-order valence-corrected chi connectivity index (χ1v) is 6.18. The molecule has 2 rings (SSSR count). The third kappa shape index (κ3) is 1.99. The molecule has 1 aliphatic heterocycles. The summed E-state index contributed by atoms with van der Waals surface area (Å²) in [5.74, 6) is 0.462. The normalized spacial score (nSPS) is 20.6. The van der Waals surface area contributed by atoms with Gasteiger partial charge in [-0.3, -0.25) is 4.79 Å². The average Bonchev–Trinajstić information content (AvgIpc) is 2.60. The number of halogens is 1. The lowest BCUT2D eigenvalue weighted by atomic mass is 10.1. The second kappa shape index (κ2) is 4.55. The van der Waals surface area contributed by atoms with E-state index in [0.29, 0.717) is 18.9 Å². The van der Waals surface area contributed by atoms with E-state index in [0.717, 1.165) is 22.3 Å². The quantitative estimate of drug-likeness (QED) is 0.903. The Hall–Kier alpha value is -0.870. The van der Waals surface area contributed by atoms with Gasteiger partial charge in [-0.2, -0.15) is 0 Å². The van der Waals surface area contributed by atoms with Crippen LogP contribution in [0.25, 0.3) is 0 Å². The summed E-state index contributed by atoms with van der Waals surface area (Å²) in [6.45, 7) is 3.33. The highest BCUT2D eigenvalue weighted by Crippen LogP contribution is 2.33. The molecule has 0 spiro atoms. The molecule has 2 N–H and O–H groups in total. The molecule has 1 aromatic rings. The lowest BCUT2D eigenvalue weighted by Crippen LogP contribution is -2.26. The number of aryl methyl sites for hydroxylation is 1. The van der Waals surface area contributed by atoms with Crippen molar-refractivity contribution in [2.45, 2.75) is 13.3 Å². The molecule has 1 unspecified atom stereocenters. The van der Waals surface area contributed by atoms with Gasteiger partial charge in [0.1, 0.15) is 0 Å². The number of hydrogen-bond acceptors (Lipinski definition) is 2. The Balaban J connectivity index is 2.35. The number of nitrogens with two attached hydrogens (primary N) is 1. The van der Waals surface area contributed by atoms with Gasteiger partial charge in [-0.15, -0.1) is 0 Å². The van der Waals surface area contributed by atoms with Crippen molar-refractivity contribution in [1.82, 2.24) is 0 Å². The van der Waals surface area contributed by atoms with Gasteiger partial charge >= 0.3 is 0 Å². The number of para-hydroxylation sites is 1. The highest BCUT2D eigenvalue weighted by atomic mass is 79.9. The highest BCUT2D eigenvalue weighted by molar-refractivity contribution is 9.10. The summed E-state index contributed by atoms with van der Waals surface area (Å²) in [5.41, 5.74) is 7.72. The Morgan fingerprint density at radius 2 is 2.31 bits per heavy atom. The second-order valence-corrected chi connectivity index (χ2v) is 5.07. The lowest BCUT2D eigenvalue weighted by Gasteiger charge is -2.20. The number of amides is 1. The number of nitrogens with zero attached hydrogens (tertiary/aromatic N) is 1. The van der Waals surface area contributed by atoms with Crippen molar-refractivity contribution in [2.75, 3.05) is 18.0 Å². The number of rotatable bonds is 2. The fraction of sp³-hybridized carbons (Fsp3) is 0.417. The smallest absolute Gasteiger partial charge is 0.227 e. The number of hydrogen-bond donors (Lipinski definition) is 1. The summed E-state index contributed by atoms with van der Waals surface area (Å²) < 4.78 is 0.971. The van der Waals surface area contributed by atoms with Gasteiger partial charge < -0.3 is 10.6 Å². The molecule has 0 bridgehead atoms. The number of carbonyl (C=O) groups is 1. The van der Waals surface area contributed by atoms with Crippen LogP contribution < -0.4 is 10.6 Å². The maximum Gasteiger partial charge on any atom is 0.227 e. The summed E-state index contributed by atoms with van der Waals surface area (Å²) in [4.78, 5) is 13.7. The van der Waals surface area contributed by atoms with E-state index in [1.165, 1.54) is 0 Å². The van der Waals surface area contributed by atoms with E-state index in [9.17, 15) is 4.79 Å². The van der Waals surface area contributed by atoms with E-state index in [4.69, 9.17) is 5.73 Å². The van der Waals surface area contributed by atoms with Gasteiger partial charge in [0.25, 0.3) is 0 Å². The fourth-order valence-corrected chi connectivity index (χ4v) is 2.80. The molecular weight excluding hydrogens is 268 g/mol. The molecule has 0 aromatic heterocycles. The van der Waals surface area contributed by atoms with E-state index >= 15 is 0 Å². The maximum absolute atomic E-state index is 11.9. The molecule has 0 radical (unpaired) electrons. The zero-order chi connectivity index (χ0) is 11.7. The van der Waals surface area contributed by atoms with Crippen LogP contribution in [0.5, 0.6) is 0 Å². The van der Waals surface area contributed by atoms with Crippen molar-refractivity contribution in [1.29, 1.82) is 0 Å². The average molecular weight is 283 g/mol. The molecule has 1 heterocycles. The molecule has 4 heteroatoms. The molecule has 1 fully saturated rings. The Bertz CT molecular complexity index is 399. The van der Waals surface area contributed by atoms with Crippen LogP contribution in [-0.2, 0) is 4.79 Å². The third-order valence-corrected chi connectivity index (χ3v) is 3.64. The van der Waals surface area contributed by atoms with Gasteiger partial charge in [0.15, 0.2) is 0 Å². The molecule has 1 aliphatic rings. The van der Waals surface area contributed by atoms with E-state index in [1.807, 2.05) is 30.0 Å². The van der Waals surface area contributed by atoms with Gasteiger partial charge in [-0.05, 0) is 46.9 Å². The number of benzene rings is 1. The Kier molecular flexibility index (Phi) is 3.30. The molecule has 86 valence electrons. The monoisotopic (exact) mass is 282 g/mol. The second-order valence-electron chi connectivity index (χ2n) is 4.22. The fourth-order valence-electron chi connectivity index (χ4n) is 2.12. The summed E-state index contributed by atoms with van der Waals surface area (Å²) in [6.07, 6.45) is 0.567. The van der Waals surface area contributed by atoms with Gasteiger partial charge in [0.05, 0.1) is 5.69 Å². The van der Waals surface area contributed by atoms with E-state index in [2.05, 4.69) is 15.9 Å². The topological polar surface area (TPSA) is 46.3 Å². The predicted octanol–water partition coefficient (Wildman–Crippen LogP) is 2.07. The third-order valence-electron chi connectivity index (χ3n) is 3.00.